The van der Waals surface area contributed by atoms with E-state index in [9.17, 15) is 4.79 Å². The minimum Gasteiger partial charge on any atom is -0.495 e. The first kappa shape index (κ1) is 23.7. The van der Waals surface area contributed by atoms with Crippen molar-refractivity contribution in [2.45, 2.75) is 25.9 Å². The maximum absolute atomic E-state index is 12.8. The van der Waals surface area contributed by atoms with Gasteiger partial charge in [-0.25, -0.2) is 4.98 Å². The highest BCUT2D eigenvalue weighted by atomic mass is 35.5. The molecule has 178 valence electrons. The first-order chi connectivity index (χ1) is 16.6. The molecule has 0 radical (unpaired) electrons. The molecule has 3 heterocycles. The van der Waals surface area contributed by atoms with Crippen LogP contribution in [-0.2, 0) is 19.5 Å². The second kappa shape index (κ2) is 11.1. The Morgan fingerprint density at radius 3 is 2.97 bits per heavy atom. The molecule has 0 spiro atoms. The number of fused-ring (bicyclic) bond motifs is 1. The van der Waals surface area contributed by atoms with Gasteiger partial charge in [0.2, 0.25) is 5.95 Å². The van der Waals surface area contributed by atoms with Gasteiger partial charge in [-0.3, -0.25) is 9.78 Å². The quantitative estimate of drug-likeness (QED) is 0.399. The third kappa shape index (κ3) is 5.55. The normalized spacial score (nSPS) is 12.7. The van der Waals surface area contributed by atoms with Crippen molar-refractivity contribution in [1.82, 2.24) is 20.3 Å². The van der Waals surface area contributed by atoms with Gasteiger partial charge in [0.05, 0.1) is 24.4 Å². The Balaban J connectivity index is 1.57. The van der Waals surface area contributed by atoms with Crippen molar-refractivity contribution in [3.63, 3.8) is 0 Å². The molecule has 0 fully saturated rings. The standard InChI is InChI=1S/C24H27ClN6O3/c1-34-21-6-5-16(12-19(21)25)13-28-22-18(23(33)27-9-3-11-32)14-29-24(30-22)31-10-7-17-4-2-8-26-20(17)15-31/h2,4-6,8,12,14,32H,3,7,9-11,13,15H2,1H3,(H,27,33)(H,28,29,30). The molecule has 2 aromatic heterocycles. The van der Waals surface area contributed by atoms with Gasteiger partial charge in [0.25, 0.3) is 5.91 Å². The van der Waals surface area contributed by atoms with E-state index in [1.165, 1.54) is 11.8 Å². The molecule has 1 aliphatic heterocycles. The lowest BCUT2D eigenvalue weighted by Gasteiger charge is -2.28. The van der Waals surface area contributed by atoms with Crippen LogP contribution in [0.2, 0.25) is 5.02 Å². The topological polar surface area (TPSA) is 113 Å². The number of nitrogens with zero attached hydrogens (tertiary/aromatic N) is 4. The number of aliphatic hydroxyl groups excluding tert-OH is 1. The number of pyridine rings is 1. The van der Waals surface area contributed by atoms with Gasteiger partial charge in [0, 0.05) is 38.6 Å². The number of carbonyl (C=O) groups excluding carboxylic acids is 1. The molecule has 1 aliphatic rings. The van der Waals surface area contributed by atoms with Gasteiger partial charge in [-0.1, -0.05) is 23.7 Å². The van der Waals surface area contributed by atoms with Crippen molar-refractivity contribution in [2.75, 3.05) is 37.0 Å². The number of hydrogen-bond donors (Lipinski definition) is 3. The van der Waals surface area contributed by atoms with Gasteiger partial charge in [0.1, 0.15) is 17.1 Å². The van der Waals surface area contributed by atoms with Gasteiger partial charge < -0.3 is 25.4 Å². The molecule has 0 saturated carbocycles. The monoisotopic (exact) mass is 482 g/mol. The lowest BCUT2D eigenvalue weighted by atomic mass is 10.1. The molecule has 10 heteroatoms. The molecule has 0 aliphatic carbocycles. The Labute approximate surface area is 203 Å². The van der Waals surface area contributed by atoms with E-state index in [1.807, 2.05) is 18.2 Å². The number of ether oxygens (including phenoxy) is 1. The summed E-state index contributed by atoms with van der Waals surface area (Å²) in [6.07, 6.45) is 4.64. The molecule has 1 aromatic carbocycles. The van der Waals surface area contributed by atoms with Crippen molar-refractivity contribution >= 4 is 29.3 Å². The van der Waals surface area contributed by atoms with Crippen molar-refractivity contribution in [1.29, 1.82) is 0 Å². The van der Waals surface area contributed by atoms with Crippen LogP contribution in [0.1, 0.15) is 33.6 Å². The summed E-state index contributed by atoms with van der Waals surface area (Å²) in [5.41, 5.74) is 3.48. The largest absolute Gasteiger partial charge is 0.495 e. The number of benzene rings is 1. The van der Waals surface area contributed by atoms with E-state index in [0.29, 0.717) is 54.2 Å². The van der Waals surface area contributed by atoms with Gasteiger partial charge in [-0.2, -0.15) is 4.98 Å². The van der Waals surface area contributed by atoms with Crippen LogP contribution in [0.4, 0.5) is 11.8 Å². The van der Waals surface area contributed by atoms with Crippen molar-refractivity contribution < 1.29 is 14.6 Å². The number of amides is 1. The van der Waals surface area contributed by atoms with Crippen molar-refractivity contribution in [2.24, 2.45) is 0 Å². The van der Waals surface area contributed by atoms with E-state index in [0.717, 1.165) is 24.2 Å². The SMILES string of the molecule is COc1ccc(CNc2nc(N3CCc4cccnc4C3)ncc2C(=O)NCCCO)cc1Cl. The second-order valence-corrected chi connectivity index (χ2v) is 8.28. The zero-order valence-corrected chi connectivity index (χ0v) is 19.7. The van der Waals surface area contributed by atoms with Gasteiger partial charge in [0.15, 0.2) is 0 Å². The number of halogens is 1. The highest BCUT2D eigenvalue weighted by Crippen LogP contribution is 2.26. The fourth-order valence-electron chi connectivity index (χ4n) is 3.73. The minimum atomic E-state index is -0.305. The van der Waals surface area contributed by atoms with Gasteiger partial charge in [-0.15, -0.1) is 0 Å². The highest BCUT2D eigenvalue weighted by Gasteiger charge is 2.22. The van der Waals surface area contributed by atoms with E-state index >= 15 is 0 Å². The van der Waals surface area contributed by atoms with E-state index in [1.54, 1.807) is 19.4 Å². The summed E-state index contributed by atoms with van der Waals surface area (Å²) in [5.74, 6) is 1.24. The lowest BCUT2D eigenvalue weighted by molar-refractivity contribution is 0.0951. The number of carbonyl (C=O) groups is 1. The third-order valence-electron chi connectivity index (χ3n) is 5.58. The summed E-state index contributed by atoms with van der Waals surface area (Å²) in [4.78, 5) is 28.5. The highest BCUT2D eigenvalue weighted by molar-refractivity contribution is 6.32. The Hall–Kier alpha value is -3.43. The summed E-state index contributed by atoms with van der Waals surface area (Å²) in [7, 11) is 1.57. The Morgan fingerprint density at radius 2 is 2.18 bits per heavy atom. The number of methoxy groups -OCH3 is 1. The van der Waals surface area contributed by atoms with E-state index in [-0.39, 0.29) is 12.5 Å². The fraction of sp³-hybridized carbons (Fsp3) is 0.333. The Morgan fingerprint density at radius 1 is 1.29 bits per heavy atom. The van der Waals surface area contributed by atoms with E-state index < -0.39 is 0 Å². The zero-order valence-electron chi connectivity index (χ0n) is 18.9. The second-order valence-electron chi connectivity index (χ2n) is 7.87. The van der Waals surface area contributed by atoms with Crippen molar-refractivity contribution in [3.05, 3.63) is 70.1 Å². The van der Waals surface area contributed by atoms with Crippen LogP contribution in [0.25, 0.3) is 0 Å². The summed E-state index contributed by atoms with van der Waals surface area (Å²) in [6, 6.07) is 9.54. The fourth-order valence-corrected chi connectivity index (χ4v) is 4.02. The zero-order chi connectivity index (χ0) is 23.9. The first-order valence-electron chi connectivity index (χ1n) is 11.1. The van der Waals surface area contributed by atoms with Crippen LogP contribution in [0.15, 0.2) is 42.7 Å². The van der Waals surface area contributed by atoms with Gasteiger partial charge >= 0.3 is 0 Å². The average Bonchev–Trinajstić information content (AvgIpc) is 2.87. The molecule has 0 bridgehead atoms. The molecule has 0 atom stereocenters. The predicted molar refractivity (Wildman–Crippen MR) is 130 cm³/mol. The Kier molecular flexibility index (Phi) is 7.76. The number of nitrogens with one attached hydrogen (secondary N) is 2. The van der Waals surface area contributed by atoms with Crippen LogP contribution in [0.5, 0.6) is 5.75 Å². The molecular weight excluding hydrogens is 456 g/mol. The lowest BCUT2D eigenvalue weighted by Crippen LogP contribution is -2.33. The Bertz CT molecular complexity index is 1160. The summed E-state index contributed by atoms with van der Waals surface area (Å²) < 4.78 is 5.21. The first-order valence-corrected chi connectivity index (χ1v) is 11.5. The molecular formula is C24H27ClN6O3. The maximum Gasteiger partial charge on any atom is 0.256 e. The van der Waals surface area contributed by atoms with E-state index in [4.69, 9.17) is 26.4 Å². The minimum absolute atomic E-state index is 0.00350. The maximum atomic E-state index is 12.8. The van der Waals surface area contributed by atoms with Crippen LogP contribution >= 0.6 is 11.6 Å². The van der Waals surface area contributed by atoms with Crippen LogP contribution in [0, 0.1) is 0 Å². The number of anilines is 2. The number of aromatic nitrogens is 3. The molecule has 34 heavy (non-hydrogen) atoms. The smallest absolute Gasteiger partial charge is 0.256 e. The van der Waals surface area contributed by atoms with Crippen LogP contribution in [-0.4, -0.2) is 52.8 Å². The molecule has 3 N–H and O–H groups in total. The van der Waals surface area contributed by atoms with Crippen molar-refractivity contribution in [3.8, 4) is 5.75 Å². The third-order valence-corrected chi connectivity index (χ3v) is 5.87. The van der Waals surface area contributed by atoms with Crippen LogP contribution in [0.3, 0.4) is 0 Å². The predicted octanol–water partition coefficient (Wildman–Crippen LogP) is 2.82. The van der Waals surface area contributed by atoms with E-state index in [2.05, 4.69) is 31.6 Å². The molecule has 0 unspecified atom stereocenters. The summed E-state index contributed by atoms with van der Waals surface area (Å²) in [5, 5.41) is 15.6. The molecule has 0 saturated heterocycles. The molecule has 1 amide bonds. The summed E-state index contributed by atoms with van der Waals surface area (Å²) >= 11 is 6.26. The molecule has 9 nitrogen and oxygen atoms in total. The number of rotatable bonds is 9. The summed E-state index contributed by atoms with van der Waals surface area (Å²) in [6.45, 7) is 2.13. The number of aliphatic hydroxyl groups is 1. The molecule has 3 aromatic rings. The molecule has 4 rings (SSSR count). The average molecular weight is 483 g/mol. The van der Waals surface area contributed by atoms with Crippen LogP contribution < -0.4 is 20.3 Å². The van der Waals surface area contributed by atoms with Gasteiger partial charge in [-0.05, 0) is 42.2 Å². The number of hydrogen-bond acceptors (Lipinski definition) is 8.